The molecule has 2 aliphatic rings. The molecule has 0 spiro atoms. The third-order valence-corrected chi connectivity index (χ3v) is 5.85. The van der Waals surface area contributed by atoms with Gasteiger partial charge in [-0.3, -0.25) is 9.69 Å². The summed E-state index contributed by atoms with van der Waals surface area (Å²) in [5, 5.41) is 0.767. The highest BCUT2D eigenvalue weighted by molar-refractivity contribution is 6.30. The fourth-order valence-corrected chi connectivity index (χ4v) is 4.12. The van der Waals surface area contributed by atoms with E-state index in [1.54, 1.807) is 0 Å². The van der Waals surface area contributed by atoms with Gasteiger partial charge in [0.25, 0.3) is 0 Å². The summed E-state index contributed by atoms with van der Waals surface area (Å²) in [6.45, 7) is 5.68. The van der Waals surface area contributed by atoms with E-state index in [9.17, 15) is 4.79 Å². The quantitative estimate of drug-likeness (QED) is 0.788. The predicted octanol–water partition coefficient (Wildman–Crippen LogP) is 3.78. The van der Waals surface area contributed by atoms with Gasteiger partial charge in [0, 0.05) is 50.0 Å². The van der Waals surface area contributed by atoms with Crippen molar-refractivity contribution in [3.05, 3.63) is 71.3 Å². The first-order chi connectivity index (χ1) is 13.7. The maximum absolute atomic E-state index is 12.7. The number of anilines is 1. The van der Waals surface area contributed by atoms with Gasteiger partial charge in [-0.1, -0.05) is 54.1 Å². The van der Waals surface area contributed by atoms with E-state index in [0.29, 0.717) is 13.1 Å². The molecule has 0 unspecified atom stereocenters. The van der Waals surface area contributed by atoms with Crippen molar-refractivity contribution in [1.82, 2.24) is 9.80 Å². The average molecular weight is 396 g/mol. The lowest BCUT2D eigenvalue weighted by atomic mass is 9.99. The first kappa shape index (κ1) is 19.0. The lowest BCUT2D eigenvalue weighted by Gasteiger charge is -2.37. The van der Waals surface area contributed by atoms with Gasteiger partial charge in [0.1, 0.15) is 0 Å². The molecule has 2 heterocycles. The lowest BCUT2D eigenvalue weighted by molar-refractivity contribution is -0.132. The van der Waals surface area contributed by atoms with Crippen LogP contribution in [0.15, 0.2) is 60.7 Å². The Labute approximate surface area is 172 Å². The number of hydrogen-bond donors (Lipinski definition) is 0. The zero-order valence-corrected chi connectivity index (χ0v) is 16.8. The maximum Gasteiger partial charge on any atom is 0.237 e. The minimum Gasteiger partial charge on any atom is -0.369 e. The second kappa shape index (κ2) is 8.80. The zero-order chi connectivity index (χ0) is 19.3. The van der Waals surface area contributed by atoms with Crippen molar-refractivity contribution in [3.63, 3.8) is 0 Å². The Hall–Kier alpha value is -2.30. The number of halogens is 1. The van der Waals surface area contributed by atoms with E-state index in [0.717, 1.165) is 49.9 Å². The predicted molar refractivity (Wildman–Crippen MR) is 116 cm³/mol. The highest BCUT2D eigenvalue weighted by Crippen LogP contribution is 2.23. The van der Waals surface area contributed by atoms with Crippen molar-refractivity contribution in [3.8, 4) is 0 Å². The number of benzene rings is 2. The molecule has 2 aromatic carbocycles. The molecular weight excluding hydrogens is 370 g/mol. The van der Waals surface area contributed by atoms with Gasteiger partial charge >= 0.3 is 0 Å². The van der Waals surface area contributed by atoms with Gasteiger partial charge < -0.3 is 9.80 Å². The third-order valence-electron chi connectivity index (χ3n) is 5.61. The molecule has 2 aromatic rings. The third kappa shape index (κ3) is 4.57. The molecule has 0 aromatic heterocycles. The molecule has 0 atom stereocenters. The first-order valence-corrected chi connectivity index (χ1v) is 10.3. The Bertz CT molecular complexity index is 844. The number of amides is 1. The zero-order valence-electron chi connectivity index (χ0n) is 16.1. The maximum atomic E-state index is 12.7. The Balaban J connectivity index is 1.27. The van der Waals surface area contributed by atoms with Crippen molar-refractivity contribution in [2.24, 2.45) is 0 Å². The van der Waals surface area contributed by atoms with Crippen molar-refractivity contribution in [2.45, 2.75) is 6.42 Å². The van der Waals surface area contributed by atoms with Gasteiger partial charge in [-0.2, -0.15) is 0 Å². The van der Waals surface area contributed by atoms with E-state index in [-0.39, 0.29) is 5.91 Å². The van der Waals surface area contributed by atoms with Crippen LogP contribution in [0.3, 0.4) is 0 Å². The summed E-state index contributed by atoms with van der Waals surface area (Å²) in [4.78, 5) is 19.3. The van der Waals surface area contributed by atoms with Crippen LogP contribution in [-0.4, -0.2) is 61.5 Å². The van der Waals surface area contributed by atoms with Crippen LogP contribution in [0.5, 0.6) is 0 Å². The Kier molecular flexibility index (Phi) is 5.98. The van der Waals surface area contributed by atoms with Crippen LogP contribution < -0.4 is 4.90 Å². The molecule has 5 heteroatoms. The highest BCUT2D eigenvalue weighted by Gasteiger charge is 2.23. The molecular formula is C23H26ClN3O. The van der Waals surface area contributed by atoms with Crippen molar-refractivity contribution >= 4 is 28.8 Å². The molecule has 0 bridgehead atoms. The molecule has 1 fully saturated rings. The lowest BCUT2D eigenvalue weighted by Crippen LogP contribution is -2.50. The van der Waals surface area contributed by atoms with E-state index in [1.165, 1.54) is 11.1 Å². The van der Waals surface area contributed by atoms with Gasteiger partial charge in [0.15, 0.2) is 0 Å². The van der Waals surface area contributed by atoms with Crippen molar-refractivity contribution in [2.75, 3.05) is 50.7 Å². The fourth-order valence-electron chi connectivity index (χ4n) is 3.94. The molecule has 4 nitrogen and oxygen atoms in total. The van der Waals surface area contributed by atoms with Crippen LogP contribution in [0.1, 0.15) is 12.0 Å². The molecule has 28 heavy (non-hydrogen) atoms. The van der Waals surface area contributed by atoms with Crippen molar-refractivity contribution in [1.29, 1.82) is 0 Å². The number of rotatable bonds is 4. The van der Waals surface area contributed by atoms with Crippen LogP contribution in [0.4, 0.5) is 5.69 Å². The van der Waals surface area contributed by atoms with E-state index >= 15 is 0 Å². The Morgan fingerprint density at radius 2 is 1.71 bits per heavy atom. The van der Waals surface area contributed by atoms with Gasteiger partial charge in [-0.25, -0.2) is 0 Å². The second-order valence-electron chi connectivity index (χ2n) is 7.43. The van der Waals surface area contributed by atoms with Crippen LogP contribution in [0.2, 0.25) is 5.02 Å². The van der Waals surface area contributed by atoms with Gasteiger partial charge in [0.05, 0.1) is 6.54 Å². The first-order valence-electron chi connectivity index (χ1n) is 9.94. The van der Waals surface area contributed by atoms with E-state index in [2.05, 4.69) is 46.2 Å². The fraction of sp³-hybridized carbons (Fsp3) is 0.348. The summed E-state index contributed by atoms with van der Waals surface area (Å²) in [7, 11) is 0. The average Bonchev–Trinajstić information content (AvgIpc) is 2.75. The molecule has 0 aliphatic carbocycles. The van der Waals surface area contributed by atoms with Crippen LogP contribution in [0, 0.1) is 0 Å². The summed E-state index contributed by atoms with van der Waals surface area (Å²) in [6.07, 6.45) is 3.13. The summed E-state index contributed by atoms with van der Waals surface area (Å²) < 4.78 is 0. The summed E-state index contributed by atoms with van der Waals surface area (Å²) in [6, 6.07) is 18.4. The monoisotopic (exact) mass is 395 g/mol. The Morgan fingerprint density at radius 1 is 0.929 bits per heavy atom. The SMILES string of the molecule is O=C(CN1CCN(c2cccc(Cl)c2)CC1)N1CC=C(c2ccccc2)CC1. The van der Waals surface area contributed by atoms with Crippen LogP contribution >= 0.6 is 11.6 Å². The van der Waals surface area contributed by atoms with Crippen LogP contribution in [0.25, 0.3) is 5.57 Å². The summed E-state index contributed by atoms with van der Waals surface area (Å²) in [5.41, 5.74) is 3.78. The molecule has 1 amide bonds. The van der Waals surface area contributed by atoms with E-state index in [4.69, 9.17) is 11.6 Å². The number of piperazine rings is 1. The summed E-state index contributed by atoms with van der Waals surface area (Å²) in [5.74, 6) is 0.236. The van der Waals surface area contributed by atoms with Crippen LogP contribution in [-0.2, 0) is 4.79 Å². The molecule has 146 valence electrons. The molecule has 0 saturated carbocycles. The van der Waals surface area contributed by atoms with Gasteiger partial charge in [0.2, 0.25) is 5.91 Å². The number of carbonyl (C=O) groups is 1. The standard InChI is InChI=1S/C23H26ClN3O/c24-21-7-4-8-22(17-21)26-15-13-25(14-16-26)18-23(28)27-11-9-20(10-12-27)19-5-2-1-3-6-19/h1-9,17H,10-16,18H2. The van der Waals surface area contributed by atoms with Gasteiger partial charge in [-0.15, -0.1) is 0 Å². The van der Waals surface area contributed by atoms with Crippen molar-refractivity contribution < 1.29 is 4.79 Å². The topological polar surface area (TPSA) is 26.8 Å². The second-order valence-corrected chi connectivity index (χ2v) is 7.86. The van der Waals surface area contributed by atoms with Gasteiger partial charge in [-0.05, 0) is 35.8 Å². The Morgan fingerprint density at radius 3 is 2.39 bits per heavy atom. The highest BCUT2D eigenvalue weighted by atomic mass is 35.5. The van der Waals surface area contributed by atoms with E-state index < -0.39 is 0 Å². The molecule has 0 radical (unpaired) electrons. The molecule has 1 saturated heterocycles. The largest absolute Gasteiger partial charge is 0.369 e. The molecule has 2 aliphatic heterocycles. The number of hydrogen-bond acceptors (Lipinski definition) is 3. The number of carbonyl (C=O) groups excluding carboxylic acids is 1. The molecule has 4 rings (SSSR count). The summed E-state index contributed by atoms with van der Waals surface area (Å²) >= 11 is 6.11. The minimum absolute atomic E-state index is 0.236. The van der Waals surface area contributed by atoms with E-state index in [1.807, 2.05) is 29.2 Å². The molecule has 0 N–H and O–H groups in total. The number of nitrogens with zero attached hydrogens (tertiary/aromatic N) is 3. The minimum atomic E-state index is 0.236. The smallest absolute Gasteiger partial charge is 0.237 e. The normalized spacial score (nSPS) is 18.1.